The predicted molar refractivity (Wildman–Crippen MR) is 115 cm³/mol. The Bertz CT molecular complexity index is 1340. The van der Waals surface area contributed by atoms with E-state index in [-0.39, 0.29) is 0 Å². The van der Waals surface area contributed by atoms with Gasteiger partial charge in [-0.25, -0.2) is 9.97 Å². The van der Waals surface area contributed by atoms with Gasteiger partial charge in [0.05, 0.1) is 6.20 Å². The maximum atomic E-state index is 6.19. The van der Waals surface area contributed by atoms with Crippen LogP contribution in [0.2, 0.25) is 5.15 Å². The molecule has 0 aliphatic carbocycles. The van der Waals surface area contributed by atoms with Crippen molar-refractivity contribution >= 4 is 28.9 Å². The smallest absolute Gasteiger partial charge is 0.161 e. The van der Waals surface area contributed by atoms with Crippen LogP contribution in [-0.2, 0) is 13.5 Å². The van der Waals surface area contributed by atoms with Gasteiger partial charge in [-0.3, -0.25) is 9.08 Å². The van der Waals surface area contributed by atoms with Gasteiger partial charge in [0.2, 0.25) is 0 Å². The van der Waals surface area contributed by atoms with Crippen LogP contribution in [0.25, 0.3) is 16.8 Å². The first-order valence-corrected chi connectivity index (χ1v) is 9.70. The zero-order chi connectivity index (χ0) is 20.5. The second-order valence-corrected chi connectivity index (χ2v) is 7.14. The Morgan fingerprint density at radius 3 is 2.70 bits per heavy atom. The molecule has 9 heteroatoms. The van der Waals surface area contributed by atoms with Crippen molar-refractivity contribution < 1.29 is 0 Å². The summed E-state index contributed by atoms with van der Waals surface area (Å²) in [6, 6.07) is 13.7. The van der Waals surface area contributed by atoms with E-state index in [0.717, 1.165) is 39.8 Å². The molecule has 0 aliphatic heterocycles. The molecule has 0 atom stereocenters. The fraction of sp³-hybridized carbons (Fsp3) is 0.0952. The van der Waals surface area contributed by atoms with Crippen molar-refractivity contribution in [1.29, 1.82) is 0 Å². The largest absolute Gasteiger partial charge is 0.325 e. The number of hydrogen-bond donors (Lipinski definition) is 1. The van der Waals surface area contributed by atoms with Crippen molar-refractivity contribution in [1.82, 2.24) is 34.3 Å². The van der Waals surface area contributed by atoms with Gasteiger partial charge in [-0.15, -0.1) is 10.2 Å². The number of aryl methyl sites for hydroxylation is 1. The minimum atomic E-state index is 0.483. The van der Waals surface area contributed by atoms with Crippen LogP contribution < -0.4 is 5.32 Å². The Labute approximate surface area is 177 Å². The van der Waals surface area contributed by atoms with Crippen molar-refractivity contribution in [2.75, 3.05) is 5.32 Å². The van der Waals surface area contributed by atoms with Crippen LogP contribution in [0.3, 0.4) is 0 Å². The van der Waals surface area contributed by atoms with Crippen LogP contribution in [0, 0.1) is 0 Å². The van der Waals surface area contributed by atoms with Crippen LogP contribution in [0.15, 0.2) is 67.3 Å². The van der Waals surface area contributed by atoms with Gasteiger partial charge in [-0.05, 0) is 47.0 Å². The van der Waals surface area contributed by atoms with E-state index in [4.69, 9.17) is 11.6 Å². The van der Waals surface area contributed by atoms with Gasteiger partial charge in [0.25, 0.3) is 0 Å². The average molecular weight is 417 g/mol. The molecule has 0 aliphatic rings. The van der Waals surface area contributed by atoms with Gasteiger partial charge in [-0.1, -0.05) is 17.7 Å². The first kappa shape index (κ1) is 18.3. The minimum Gasteiger partial charge on any atom is -0.325 e. The number of nitrogens with zero attached hydrogens (tertiary/aromatic N) is 7. The highest BCUT2D eigenvalue weighted by molar-refractivity contribution is 6.30. The summed E-state index contributed by atoms with van der Waals surface area (Å²) in [6.45, 7) is 0. The molecular formula is C21H17ClN8. The first-order valence-electron chi connectivity index (χ1n) is 9.32. The lowest BCUT2D eigenvalue weighted by molar-refractivity contribution is 0.776. The van der Waals surface area contributed by atoms with Crippen molar-refractivity contribution in [2.24, 2.45) is 7.05 Å². The monoisotopic (exact) mass is 416 g/mol. The third-order valence-electron chi connectivity index (χ3n) is 4.84. The SMILES string of the molecule is Cn1nccc1Nc1cc(-c2ccn3c(Cc4cccnc4Cl)nnc3c2)ccn1. The second kappa shape index (κ2) is 7.57. The molecule has 1 N–H and O–H groups in total. The van der Waals surface area contributed by atoms with Gasteiger partial charge < -0.3 is 5.32 Å². The fourth-order valence-electron chi connectivity index (χ4n) is 3.27. The normalized spacial score (nSPS) is 11.1. The summed E-state index contributed by atoms with van der Waals surface area (Å²) in [7, 11) is 1.88. The molecule has 8 nitrogen and oxygen atoms in total. The molecule has 0 saturated carbocycles. The minimum absolute atomic E-state index is 0.483. The lowest BCUT2D eigenvalue weighted by atomic mass is 10.1. The van der Waals surface area contributed by atoms with Crippen molar-refractivity contribution in [2.45, 2.75) is 6.42 Å². The van der Waals surface area contributed by atoms with E-state index in [2.05, 4.69) is 30.6 Å². The van der Waals surface area contributed by atoms with E-state index in [1.807, 2.05) is 60.1 Å². The van der Waals surface area contributed by atoms with E-state index in [9.17, 15) is 0 Å². The molecule has 5 aromatic heterocycles. The number of anilines is 2. The topological polar surface area (TPSA) is 85.8 Å². The third-order valence-corrected chi connectivity index (χ3v) is 5.18. The van der Waals surface area contributed by atoms with E-state index in [0.29, 0.717) is 11.6 Å². The molecule has 0 amide bonds. The fourth-order valence-corrected chi connectivity index (χ4v) is 3.45. The Balaban J connectivity index is 1.44. The highest BCUT2D eigenvalue weighted by Gasteiger charge is 2.11. The summed E-state index contributed by atoms with van der Waals surface area (Å²) in [4.78, 5) is 8.52. The number of aromatic nitrogens is 7. The van der Waals surface area contributed by atoms with E-state index in [1.54, 1.807) is 23.3 Å². The molecule has 0 spiro atoms. The Morgan fingerprint density at radius 2 is 1.87 bits per heavy atom. The Morgan fingerprint density at radius 1 is 0.967 bits per heavy atom. The van der Waals surface area contributed by atoms with Gasteiger partial charge in [-0.2, -0.15) is 5.10 Å². The van der Waals surface area contributed by atoms with E-state index < -0.39 is 0 Å². The number of fused-ring (bicyclic) bond motifs is 1. The van der Waals surface area contributed by atoms with Gasteiger partial charge in [0.15, 0.2) is 5.65 Å². The third kappa shape index (κ3) is 3.48. The van der Waals surface area contributed by atoms with Crippen LogP contribution in [-0.4, -0.2) is 34.3 Å². The zero-order valence-electron chi connectivity index (χ0n) is 16.1. The van der Waals surface area contributed by atoms with Crippen LogP contribution >= 0.6 is 11.6 Å². The molecule has 5 heterocycles. The molecular weight excluding hydrogens is 400 g/mol. The van der Waals surface area contributed by atoms with Crippen molar-refractivity contribution in [3.8, 4) is 11.1 Å². The molecule has 0 fully saturated rings. The van der Waals surface area contributed by atoms with Crippen molar-refractivity contribution in [3.63, 3.8) is 0 Å². The number of halogens is 1. The van der Waals surface area contributed by atoms with Gasteiger partial charge >= 0.3 is 0 Å². The van der Waals surface area contributed by atoms with Crippen LogP contribution in [0.5, 0.6) is 0 Å². The molecule has 0 saturated heterocycles. The highest BCUT2D eigenvalue weighted by atomic mass is 35.5. The molecule has 5 aromatic rings. The summed E-state index contributed by atoms with van der Waals surface area (Å²) in [5, 5.41) is 16.6. The van der Waals surface area contributed by atoms with Crippen LogP contribution in [0.1, 0.15) is 11.4 Å². The predicted octanol–water partition coefficient (Wildman–Crippen LogP) is 3.91. The zero-order valence-corrected chi connectivity index (χ0v) is 16.8. The summed E-state index contributed by atoms with van der Waals surface area (Å²) in [6.07, 6.45) is 7.71. The van der Waals surface area contributed by atoms with Crippen LogP contribution in [0.4, 0.5) is 11.6 Å². The number of hydrogen-bond acceptors (Lipinski definition) is 6. The summed E-state index contributed by atoms with van der Waals surface area (Å²) >= 11 is 6.19. The van der Waals surface area contributed by atoms with Gasteiger partial charge in [0.1, 0.15) is 22.6 Å². The second-order valence-electron chi connectivity index (χ2n) is 6.78. The van der Waals surface area contributed by atoms with E-state index in [1.165, 1.54) is 0 Å². The lowest BCUT2D eigenvalue weighted by Crippen LogP contribution is -2.00. The molecule has 0 aromatic carbocycles. The first-order chi connectivity index (χ1) is 14.7. The number of rotatable bonds is 5. The lowest BCUT2D eigenvalue weighted by Gasteiger charge is -2.08. The maximum absolute atomic E-state index is 6.19. The quantitative estimate of drug-likeness (QED) is 0.437. The Hall–Kier alpha value is -3.78. The molecule has 0 radical (unpaired) electrons. The Kier molecular flexibility index (Phi) is 4.61. The average Bonchev–Trinajstić information content (AvgIpc) is 3.35. The molecule has 0 bridgehead atoms. The molecule has 30 heavy (non-hydrogen) atoms. The van der Waals surface area contributed by atoms with E-state index >= 15 is 0 Å². The summed E-state index contributed by atoms with van der Waals surface area (Å²) in [5.41, 5.74) is 3.73. The van der Waals surface area contributed by atoms with Gasteiger partial charge in [0, 0.05) is 38.1 Å². The number of nitrogens with one attached hydrogen (secondary N) is 1. The number of pyridine rings is 3. The van der Waals surface area contributed by atoms with Crippen molar-refractivity contribution in [3.05, 3.63) is 83.8 Å². The molecule has 0 unspecified atom stereocenters. The molecule has 5 rings (SSSR count). The molecule has 148 valence electrons. The summed E-state index contributed by atoms with van der Waals surface area (Å²) < 4.78 is 3.72. The standard InChI is InChI=1S/C21H17ClN8/c1-29-18(5-9-25-29)26-17-11-14(4-8-23-17)15-6-10-30-19(12-15)27-28-20(30)13-16-3-2-7-24-21(16)22/h2-12H,13H2,1H3,(H,23,26). The summed E-state index contributed by atoms with van der Waals surface area (Å²) in [5.74, 6) is 2.41. The maximum Gasteiger partial charge on any atom is 0.161 e. The highest BCUT2D eigenvalue weighted by Crippen LogP contribution is 2.25.